The SMILES string of the molecule is [N-]=[N+]=NCCC(O)C(O)c1cnc2nc[nH]c2c1. The number of aromatic nitrogens is 3. The zero-order valence-corrected chi connectivity index (χ0v) is 9.43. The van der Waals surface area contributed by atoms with Crippen LogP contribution in [-0.2, 0) is 0 Å². The van der Waals surface area contributed by atoms with E-state index in [9.17, 15) is 10.2 Å². The monoisotopic (exact) mass is 248 g/mol. The molecule has 2 aromatic heterocycles. The van der Waals surface area contributed by atoms with Gasteiger partial charge in [0.1, 0.15) is 6.10 Å². The Hall–Kier alpha value is -2.15. The fourth-order valence-electron chi connectivity index (χ4n) is 1.62. The number of aliphatic hydroxyl groups excluding tert-OH is 2. The van der Waals surface area contributed by atoms with Gasteiger partial charge in [-0.3, -0.25) is 0 Å². The second-order valence-electron chi connectivity index (χ2n) is 3.80. The average Bonchev–Trinajstić information content (AvgIpc) is 2.85. The van der Waals surface area contributed by atoms with Crippen LogP contribution in [0.2, 0.25) is 0 Å². The van der Waals surface area contributed by atoms with Gasteiger partial charge in [0.2, 0.25) is 0 Å². The lowest BCUT2D eigenvalue weighted by Gasteiger charge is -2.16. The Morgan fingerprint density at radius 1 is 1.44 bits per heavy atom. The minimum Gasteiger partial charge on any atom is -0.390 e. The Kier molecular flexibility index (Phi) is 3.73. The van der Waals surface area contributed by atoms with Crippen molar-refractivity contribution in [2.45, 2.75) is 18.6 Å². The summed E-state index contributed by atoms with van der Waals surface area (Å²) in [7, 11) is 0. The van der Waals surface area contributed by atoms with Gasteiger partial charge < -0.3 is 15.2 Å². The summed E-state index contributed by atoms with van der Waals surface area (Å²) in [6, 6.07) is 1.68. The molecular formula is C10H12N6O2. The largest absolute Gasteiger partial charge is 0.390 e. The summed E-state index contributed by atoms with van der Waals surface area (Å²) in [5.41, 5.74) is 9.85. The van der Waals surface area contributed by atoms with Crippen molar-refractivity contribution >= 4 is 11.2 Å². The summed E-state index contributed by atoms with van der Waals surface area (Å²) in [5, 5.41) is 23.0. The van der Waals surface area contributed by atoms with E-state index in [0.717, 1.165) is 0 Å². The number of aliphatic hydroxyl groups is 2. The van der Waals surface area contributed by atoms with Gasteiger partial charge in [0, 0.05) is 23.2 Å². The van der Waals surface area contributed by atoms with Crippen molar-refractivity contribution in [2.24, 2.45) is 5.11 Å². The number of hydrogen-bond acceptors (Lipinski definition) is 5. The molecule has 18 heavy (non-hydrogen) atoms. The van der Waals surface area contributed by atoms with Gasteiger partial charge in [-0.25, -0.2) is 9.97 Å². The minimum atomic E-state index is -1.07. The van der Waals surface area contributed by atoms with Crippen molar-refractivity contribution in [3.63, 3.8) is 0 Å². The van der Waals surface area contributed by atoms with Crippen LogP contribution < -0.4 is 0 Å². The number of fused-ring (bicyclic) bond motifs is 1. The number of azide groups is 1. The Balaban J connectivity index is 2.11. The van der Waals surface area contributed by atoms with Gasteiger partial charge in [0.15, 0.2) is 5.65 Å². The number of aromatic amines is 1. The maximum Gasteiger partial charge on any atom is 0.177 e. The van der Waals surface area contributed by atoms with Crippen molar-refractivity contribution in [3.05, 3.63) is 34.6 Å². The zero-order valence-electron chi connectivity index (χ0n) is 9.43. The topological polar surface area (TPSA) is 131 Å². The molecule has 0 aliphatic carbocycles. The molecule has 0 aliphatic heterocycles. The molecule has 3 N–H and O–H groups in total. The van der Waals surface area contributed by atoms with Gasteiger partial charge in [0.05, 0.1) is 17.9 Å². The van der Waals surface area contributed by atoms with Gasteiger partial charge in [-0.1, -0.05) is 5.11 Å². The molecule has 0 spiro atoms. The predicted octanol–water partition coefficient (Wildman–Crippen LogP) is 1.05. The molecule has 0 bridgehead atoms. The fraction of sp³-hybridized carbons (Fsp3) is 0.400. The van der Waals surface area contributed by atoms with E-state index in [0.29, 0.717) is 16.7 Å². The van der Waals surface area contributed by atoms with E-state index in [1.54, 1.807) is 6.07 Å². The van der Waals surface area contributed by atoms with E-state index >= 15 is 0 Å². The van der Waals surface area contributed by atoms with Crippen LogP contribution >= 0.6 is 0 Å². The molecule has 8 nitrogen and oxygen atoms in total. The summed E-state index contributed by atoms with van der Waals surface area (Å²) < 4.78 is 0. The second-order valence-corrected chi connectivity index (χ2v) is 3.80. The van der Waals surface area contributed by atoms with Gasteiger partial charge in [-0.15, -0.1) is 0 Å². The van der Waals surface area contributed by atoms with Crippen LogP contribution in [-0.4, -0.2) is 37.8 Å². The number of nitrogens with zero attached hydrogens (tertiary/aromatic N) is 5. The number of pyridine rings is 1. The summed E-state index contributed by atoms with van der Waals surface area (Å²) in [6.45, 7) is 0.133. The second kappa shape index (κ2) is 5.46. The Labute approximate surface area is 102 Å². The highest BCUT2D eigenvalue weighted by Crippen LogP contribution is 2.20. The standard InChI is InChI=1S/C10H12N6O2/c11-16-15-2-1-8(17)9(18)6-3-7-10(12-4-6)14-5-13-7/h3-5,8-9,17-18H,1-2H2,(H,12,13,14). The third kappa shape index (κ3) is 2.57. The highest BCUT2D eigenvalue weighted by molar-refractivity contribution is 5.70. The maximum atomic E-state index is 9.93. The molecule has 94 valence electrons. The molecular weight excluding hydrogens is 236 g/mol. The van der Waals surface area contributed by atoms with Crippen LogP contribution in [0.4, 0.5) is 0 Å². The van der Waals surface area contributed by atoms with Crippen molar-refractivity contribution in [1.29, 1.82) is 0 Å². The van der Waals surface area contributed by atoms with Gasteiger partial charge in [-0.05, 0) is 18.0 Å². The highest BCUT2D eigenvalue weighted by atomic mass is 16.3. The summed E-state index contributed by atoms with van der Waals surface area (Å²) in [5.74, 6) is 0. The van der Waals surface area contributed by atoms with E-state index in [1.165, 1.54) is 12.5 Å². The molecule has 2 heterocycles. The molecule has 0 fully saturated rings. The Bertz CT molecular complexity index is 577. The molecule has 2 unspecified atom stereocenters. The lowest BCUT2D eigenvalue weighted by molar-refractivity contribution is 0.0149. The summed E-state index contributed by atoms with van der Waals surface area (Å²) in [4.78, 5) is 13.5. The van der Waals surface area contributed by atoms with Gasteiger partial charge in [-0.2, -0.15) is 0 Å². The first-order valence-corrected chi connectivity index (χ1v) is 5.38. The number of imidazole rings is 1. The molecule has 0 saturated carbocycles. The van der Waals surface area contributed by atoms with E-state index in [4.69, 9.17) is 5.53 Å². The quantitative estimate of drug-likeness (QED) is 0.414. The normalized spacial score (nSPS) is 14.1. The average molecular weight is 248 g/mol. The van der Waals surface area contributed by atoms with Crippen molar-refractivity contribution in [1.82, 2.24) is 15.0 Å². The fourth-order valence-corrected chi connectivity index (χ4v) is 1.62. The number of H-pyrrole nitrogens is 1. The zero-order chi connectivity index (χ0) is 13.0. The van der Waals surface area contributed by atoms with Crippen LogP contribution in [0.15, 0.2) is 23.7 Å². The van der Waals surface area contributed by atoms with E-state index in [1.807, 2.05) is 0 Å². The van der Waals surface area contributed by atoms with E-state index in [-0.39, 0.29) is 13.0 Å². The van der Waals surface area contributed by atoms with Crippen LogP contribution in [0.25, 0.3) is 21.6 Å². The molecule has 0 amide bonds. The van der Waals surface area contributed by atoms with Crippen LogP contribution in [0.3, 0.4) is 0 Å². The molecule has 2 rings (SSSR count). The van der Waals surface area contributed by atoms with E-state index < -0.39 is 12.2 Å². The molecule has 2 aromatic rings. The lowest BCUT2D eigenvalue weighted by atomic mass is 10.0. The predicted molar refractivity (Wildman–Crippen MR) is 63.5 cm³/mol. The summed E-state index contributed by atoms with van der Waals surface area (Å²) >= 11 is 0. The first kappa shape index (κ1) is 12.3. The molecule has 0 radical (unpaired) electrons. The van der Waals surface area contributed by atoms with Crippen molar-refractivity contribution < 1.29 is 10.2 Å². The molecule has 0 aliphatic rings. The Morgan fingerprint density at radius 2 is 2.28 bits per heavy atom. The van der Waals surface area contributed by atoms with Crippen LogP contribution in [0.1, 0.15) is 18.1 Å². The third-order valence-electron chi connectivity index (χ3n) is 2.59. The Morgan fingerprint density at radius 3 is 3.06 bits per heavy atom. The smallest absolute Gasteiger partial charge is 0.177 e. The lowest BCUT2D eigenvalue weighted by Crippen LogP contribution is -2.19. The van der Waals surface area contributed by atoms with Crippen LogP contribution in [0, 0.1) is 0 Å². The van der Waals surface area contributed by atoms with Crippen molar-refractivity contribution in [2.75, 3.05) is 6.54 Å². The first-order valence-electron chi connectivity index (χ1n) is 5.38. The minimum absolute atomic E-state index is 0.133. The summed E-state index contributed by atoms with van der Waals surface area (Å²) in [6.07, 6.45) is 1.08. The van der Waals surface area contributed by atoms with Crippen LogP contribution in [0.5, 0.6) is 0 Å². The van der Waals surface area contributed by atoms with Gasteiger partial charge in [0.25, 0.3) is 0 Å². The van der Waals surface area contributed by atoms with E-state index in [2.05, 4.69) is 25.0 Å². The number of rotatable bonds is 5. The molecule has 2 atom stereocenters. The number of hydrogen-bond donors (Lipinski definition) is 3. The molecule has 0 saturated heterocycles. The molecule has 8 heteroatoms. The third-order valence-corrected chi connectivity index (χ3v) is 2.59. The number of nitrogens with one attached hydrogen (secondary N) is 1. The highest BCUT2D eigenvalue weighted by Gasteiger charge is 2.18. The van der Waals surface area contributed by atoms with Gasteiger partial charge >= 0.3 is 0 Å². The first-order chi connectivity index (χ1) is 8.72. The van der Waals surface area contributed by atoms with Crippen molar-refractivity contribution in [3.8, 4) is 0 Å². The molecule has 0 aromatic carbocycles. The maximum absolute atomic E-state index is 9.93.